The summed E-state index contributed by atoms with van der Waals surface area (Å²) in [6.45, 7) is 0. The van der Waals surface area contributed by atoms with Crippen molar-refractivity contribution in [3.63, 3.8) is 0 Å². The standard InChI is InChI=1S/C35H27F3N4O3/c36-21-14-24-26(17-40-33(24)27(37)15-21)32-25(16-39)28(18-10-12-23(13-11-18)45-22-4-2-1-3-5-22)30(38)34(42-32)41-31-20-8-6-19(7-9-20)29(31)35(43)44/h1-5,10-15,17,19-20,29,31,40H,6-9H2,(H,41,42)(H,43,44)/t19?,20?,29-,31-/m0/s1. The second kappa shape index (κ2) is 11.3. The van der Waals surface area contributed by atoms with Crippen LogP contribution in [0.2, 0.25) is 0 Å². The van der Waals surface area contributed by atoms with E-state index in [0.717, 1.165) is 37.8 Å². The third-order valence-corrected chi connectivity index (χ3v) is 9.14. The number of halogens is 3. The van der Waals surface area contributed by atoms with E-state index in [1.165, 1.54) is 6.20 Å². The van der Waals surface area contributed by atoms with Crippen molar-refractivity contribution in [2.45, 2.75) is 31.7 Å². The fourth-order valence-electron chi connectivity index (χ4n) is 7.07. The van der Waals surface area contributed by atoms with E-state index in [-0.39, 0.29) is 50.9 Å². The first kappa shape index (κ1) is 28.5. The zero-order chi connectivity index (χ0) is 31.2. The molecule has 3 N–H and O–H groups in total. The van der Waals surface area contributed by atoms with Gasteiger partial charge in [0.15, 0.2) is 11.6 Å². The van der Waals surface area contributed by atoms with Gasteiger partial charge < -0.3 is 20.1 Å². The van der Waals surface area contributed by atoms with Crippen LogP contribution in [0.3, 0.4) is 0 Å². The summed E-state index contributed by atoms with van der Waals surface area (Å²) >= 11 is 0. The van der Waals surface area contributed by atoms with Crippen LogP contribution in [-0.4, -0.2) is 27.1 Å². The lowest BCUT2D eigenvalue weighted by molar-refractivity contribution is -0.148. The van der Waals surface area contributed by atoms with E-state index in [9.17, 15) is 23.9 Å². The van der Waals surface area contributed by atoms with Gasteiger partial charge in [-0.3, -0.25) is 4.79 Å². The SMILES string of the molecule is N#Cc1c(-c2c[nH]c3c(F)cc(F)cc23)nc(N[C@H]2C3CCC(CC3)[C@@H]2C(=O)O)c(F)c1-c1ccc(Oc2ccccc2)cc1. The number of ether oxygens (including phenoxy) is 1. The van der Waals surface area contributed by atoms with Gasteiger partial charge in [0.25, 0.3) is 0 Å². The molecule has 226 valence electrons. The van der Waals surface area contributed by atoms with Gasteiger partial charge in [0.2, 0.25) is 0 Å². The number of carboxylic acid groups (broad SMARTS) is 1. The van der Waals surface area contributed by atoms with Crippen LogP contribution in [0.5, 0.6) is 11.5 Å². The Labute approximate surface area is 256 Å². The molecule has 3 aromatic carbocycles. The molecule has 7 nitrogen and oxygen atoms in total. The number of benzene rings is 3. The lowest BCUT2D eigenvalue weighted by Crippen LogP contribution is -2.51. The van der Waals surface area contributed by atoms with Crippen molar-refractivity contribution in [1.82, 2.24) is 9.97 Å². The number of aliphatic carboxylic acids is 1. The van der Waals surface area contributed by atoms with Gasteiger partial charge in [-0.1, -0.05) is 30.3 Å². The van der Waals surface area contributed by atoms with E-state index in [1.807, 2.05) is 18.2 Å². The molecule has 2 heterocycles. The van der Waals surface area contributed by atoms with Gasteiger partial charge in [0.1, 0.15) is 29.2 Å². The Balaban J connectivity index is 1.39. The molecule has 2 aromatic heterocycles. The number of rotatable bonds is 7. The molecular weight excluding hydrogens is 581 g/mol. The molecule has 0 radical (unpaired) electrons. The van der Waals surface area contributed by atoms with Crippen molar-refractivity contribution in [1.29, 1.82) is 5.26 Å². The van der Waals surface area contributed by atoms with Crippen LogP contribution in [0, 0.1) is 46.5 Å². The summed E-state index contributed by atoms with van der Waals surface area (Å²) < 4.78 is 51.6. The van der Waals surface area contributed by atoms with Gasteiger partial charge in [-0.2, -0.15) is 5.26 Å². The second-order valence-electron chi connectivity index (χ2n) is 11.6. The van der Waals surface area contributed by atoms with Crippen molar-refractivity contribution < 1.29 is 27.8 Å². The van der Waals surface area contributed by atoms with E-state index in [2.05, 4.69) is 21.4 Å². The molecule has 5 aromatic rings. The molecule has 0 amide bonds. The largest absolute Gasteiger partial charge is 0.481 e. The minimum Gasteiger partial charge on any atom is -0.481 e. The zero-order valence-electron chi connectivity index (χ0n) is 23.9. The maximum atomic E-state index is 16.7. The van der Waals surface area contributed by atoms with Gasteiger partial charge in [-0.25, -0.2) is 18.2 Å². The molecule has 45 heavy (non-hydrogen) atoms. The quantitative estimate of drug-likeness (QED) is 0.172. The molecule has 0 aliphatic heterocycles. The summed E-state index contributed by atoms with van der Waals surface area (Å²) in [6, 6.07) is 19.0. The summed E-state index contributed by atoms with van der Waals surface area (Å²) in [7, 11) is 0. The van der Waals surface area contributed by atoms with Crippen molar-refractivity contribution >= 4 is 22.7 Å². The summed E-state index contributed by atoms with van der Waals surface area (Å²) in [5, 5.41) is 23.8. The first-order valence-corrected chi connectivity index (χ1v) is 14.7. The molecular formula is C35H27F3N4O3. The Morgan fingerprint density at radius 1 is 0.978 bits per heavy atom. The number of H-pyrrole nitrogens is 1. The molecule has 3 saturated carbocycles. The van der Waals surface area contributed by atoms with Crippen LogP contribution in [0.25, 0.3) is 33.3 Å². The molecule has 8 rings (SSSR count). The number of nitrogens with one attached hydrogen (secondary N) is 2. The van der Waals surface area contributed by atoms with Gasteiger partial charge in [-0.15, -0.1) is 0 Å². The van der Waals surface area contributed by atoms with Crippen molar-refractivity contribution in [2.24, 2.45) is 17.8 Å². The van der Waals surface area contributed by atoms with Gasteiger partial charge in [0, 0.05) is 34.8 Å². The van der Waals surface area contributed by atoms with Crippen LogP contribution < -0.4 is 10.1 Å². The Hall–Kier alpha value is -5.30. The lowest BCUT2D eigenvalue weighted by Gasteiger charge is -2.47. The van der Waals surface area contributed by atoms with Crippen LogP contribution in [0.4, 0.5) is 19.0 Å². The fraction of sp³-hybridized carbons (Fsp3) is 0.229. The van der Waals surface area contributed by atoms with Crippen molar-refractivity contribution in [3.05, 3.63) is 95.9 Å². The van der Waals surface area contributed by atoms with E-state index in [0.29, 0.717) is 17.1 Å². The Kier molecular flexibility index (Phi) is 7.16. The highest BCUT2D eigenvalue weighted by Gasteiger charge is 2.47. The monoisotopic (exact) mass is 608 g/mol. The molecule has 0 spiro atoms. The smallest absolute Gasteiger partial charge is 0.308 e. The minimum atomic E-state index is -0.951. The highest BCUT2D eigenvalue weighted by Crippen LogP contribution is 2.47. The summed E-state index contributed by atoms with van der Waals surface area (Å²) in [5.74, 6) is -3.31. The molecule has 0 saturated heterocycles. The third kappa shape index (κ3) is 5.04. The number of carboxylic acids is 1. The predicted octanol–water partition coefficient (Wildman–Crippen LogP) is 8.28. The first-order valence-electron chi connectivity index (χ1n) is 14.7. The topological polar surface area (TPSA) is 111 Å². The molecule has 2 atom stereocenters. The predicted molar refractivity (Wildman–Crippen MR) is 162 cm³/mol. The molecule has 0 unspecified atom stereocenters. The van der Waals surface area contributed by atoms with Crippen LogP contribution in [0.1, 0.15) is 31.2 Å². The van der Waals surface area contributed by atoms with E-state index >= 15 is 4.39 Å². The van der Waals surface area contributed by atoms with Crippen LogP contribution in [-0.2, 0) is 4.79 Å². The number of fused-ring (bicyclic) bond motifs is 4. The number of nitriles is 1. The number of anilines is 1. The number of aromatic nitrogens is 2. The van der Waals surface area contributed by atoms with Crippen LogP contribution in [0.15, 0.2) is 72.9 Å². The zero-order valence-corrected chi connectivity index (χ0v) is 23.9. The first-order chi connectivity index (χ1) is 21.8. The number of hydrogen-bond acceptors (Lipinski definition) is 5. The second-order valence-corrected chi connectivity index (χ2v) is 11.6. The molecule has 3 fully saturated rings. The van der Waals surface area contributed by atoms with Gasteiger partial charge in [0.05, 0.1) is 22.7 Å². The van der Waals surface area contributed by atoms with Crippen LogP contribution >= 0.6 is 0 Å². The number of para-hydroxylation sites is 1. The fourth-order valence-corrected chi connectivity index (χ4v) is 7.07. The maximum absolute atomic E-state index is 16.7. The molecule has 2 bridgehead atoms. The van der Waals surface area contributed by atoms with Gasteiger partial charge in [-0.05, 0) is 73.4 Å². The van der Waals surface area contributed by atoms with E-state index in [4.69, 9.17) is 4.74 Å². The third-order valence-electron chi connectivity index (χ3n) is 9.14. The molecule has 3 aliphatic carbocycles. The number of aromatic amines is 1. The summed E-state index contributed by atoms with van der Waals surface area (Å²) in [5.41, 5.74) is 0.345. The Morgan fingerprint density at radius 2 is 1.67 bits per heavy atom. The highest BCUT2D eigenvalue weighted by atomic mass is 19.1. The van der Waals surface area contributed by atoms with Gasteiger partial charge >= 0.3 is 5.97 Å². The number of hydrogen-bond donors (Lipinski definition) is 3. The van der Waals surface area contributed by atoms with E-state index in [1.54, 1.807) is 36.4 Å². The Morgan fingerprint density at radius 3 is 2.36 bits per heavy atom. The summed E-state index contributed by atoms with van der Waals surface area (Å²) in [4.78, 5) is 19.7. The average molecular weight is 609 g/mol. The maximum Gasteiger partial charge on any atom is 0.308 e. The number of carbonyl (C=O) groups is 1. The number of pyridine rings is 1. The highest BCUT2D eigenvalue weighted by molar-refractivity contribution is 5.98. The molecule has 3 aliphatic rings. The van der Waals surface area contributed by atoms with Crippen molar-refractivity contribution in [3.8, 4) is 40.0 Å². The van der Waals surface area contributed by atoms with E-state index < -0.39 is 35.4 Å². The average Bonchev–Trinajstić information content (AvgIpc) is 3.47. The molecule has 10 heteroatoms. The minimum absolute atomic E-state index is 0.00473. The Bertz CT molecular complexity index is 1960. The lowest BCUT2D eigenvalue weighted by atomic mass is 9.61. The number of nitrogens with zero attached hydrogens (tertiary/aromatic N) is 2. The summed E-state index contributed by atoms with van der Waals surface area (Å²) in [6.07, 6.45) is 4.62. The van der Waals surface area contributed by atoms with Crippen molar-refractivity contribution in [2.75, 3.05) is 5.32 Å². The normalized spacial score (nSPS) is 20.6.